The number of nitrogens with zero attached hydrogens (tertiary/aromatic N) is 3. The third-order valence-electron chi connectivity index (χ3n) is 3.59. The Morgan fingerprint density at radius 1 is 1.48 bits per heavy atom. The Morgan fingerprint density at radius 2 is 2.33 bits per heavy atom. The molecule has 1 unspecified atom stereocenters. The van der Waals surface area contributed by atoms with Gasteiger partial charge < -0.3 is 15.0 Å². The number of hydrogen-bond acceptors (Lipinski definition) is 7. The summed E-state index contributed by atoms with van der Waals surface area (Å²) < 4.78 is 10.8. The second-order valence-electron chi connectivity index (χ2n) is 4.99. The maximum atomic E-state index is 5.77. The van der Waals surface area contributed by atoms with Crippen LogP contribution in [0.4, 0.5) is 5.69 Å². The van der Waals surface area contributed by atoms with Crippen molar-refractivity contribution < 1.29 is 9.26 Å². The molecular formula is C14H18N4O2S. The van der Waals surface area contributed by atoms with Gasteiger partial charge in [-0.2, -0.15) is 16.7 Å². The fraction of sp³-hybridized carbons (Fsp3) is 0.429. The molecule has 0 radical (unpaired) electrons. The number of rotatable bonds is 3. The lowest BCUT2D eigenvalue weighted by molar-refractivity contribution is 0.257. The number of nitrogens with two attached hydrogens (primary N) is 1. The van der Waals surface area contributed by atoms with E-state index < -0.39 is 0 Å². The van der Waals surface area contributed by atoms with E-state index in [0.29, 0.717) is 17.3 Å². The van der Waals surface area contributed by atoms with Crippen molar-refractivity contribution in [3.63, 3.8) is 0 Å². The van der Waals surface area contributed by atoms with Crippen LogP contribution in [0.15, 0.2) is 22.7 Å². The average molecular weight is 306 g/mol. The number of benzene rings is 1. The molecular weight excluding hydrogens is 288 g/mol. The zero-order chi connectivity index (χ0) is 14.8. The van der Waals surface area contributed by atoms with Crippen molar-refractivity contribution in [3.8, 4) is 17.2 Å². The van der Waals surface area contributed by atoms with Crippen molar-refractivity contribution in [1.82, 2.24) is 15.0 Å². The van der Waals surface area contributed by atoms with Gasteiger partial charge in [0.15, 0.2) is 5.82 Å². The molecule has 1 aromatic heterocycles. The third kappa shape index (κ3) is 2.84. The molecule has 1 aromatic carbocycles. The molecule has 3 rings (SSSR count). The number of aromatic nitrogens is 2. The smallest absolute Gasteiger partial charge is 0.261 e. The molecule has 1 saturated heterocycles. The first-order chi connectivity index (χ1) is 10.2. The monoisotopic (exact) mass is 306 g/mol. The minimum Gasteiger partial charge on any atom is -0.496 e. The molecule has 6 nitrogen and oxygen atoms in total. The molecule has 1 fully saturated rings. The summed E-state index contributed by atoms with van der Waals surface area (Å²) in [4.78, 5) is 6.79. The summed E-state index contributed by atoms with van der Waals surface area (Å²) in [5.41, 5.74) is 7.16. The number of hydrogen-bond donors (Lipinski definition) is 1. The Morgan fingerprint density at radius 3 is 3.10 bits per heavy atom. The standard InChI is InChI=1S/C14H18N4O2S/c1-18-5-6-21-8-11(18)13-16-14(20-17-13)10-4-3-9(15)7-12(10)19-2/h3-4,7,11H,5-6,8,15H2,1-2H3. The molecule has 1 aliphatic rings. The van der Waals surface area contributed by atoms with Gasteiger partial charge in [0.1, 0.15) is 5.75 Å². The summed E-state index contributed by atoms with van der Waals surface area (Å²) in [5, 5.41) is 4.14. The van der Waals surface area contributed by atoms with Crippen molar-refractivity contribution in [1.29, 1.82) is 0 Å². The van der Waals surface area contributed by atoms with Crippen molar-refractivity contribution in [2.24, 2.45) is 0 Å². The van der Waals surface area contributed by atoms with Gasteiger partial charge in [0.25, 0.3) is 5.89 Å². The van der Waals surface area contributed by atoms with E-state index in [1.807, 2.05) is 17.8 Å². The van der Waals surface area contributed by atoms with Crippen LogP contribution in [-0.4, -0.2) is 47.2 Å². The first kappa shape index (κ1) is 14.2. The van der Waals surface area contributed by atoms with E-state index in [2.05, 4.69) is 22.1 Å². The first-order valence-electron chi connectivity index (χ1n) is 6.74. The van der Waals surface area contributed by atoms with E-state index in [9.17, 15) is 0 Å². The predicted octanol–water partition coefficient (Wildman–Crippen LogP) is 2.05. The Kier molecular flexibility index (Phi) is 4.03. The van der Waals surface area contributed by atoms with E-state index in [1.165, 1.54) is 0 Å². The Hall–Kier alpha value is -1.73. The van der Waals surface area contributed by atoms with Crippen LogP contribution in [0.1, 0.15) is 11.9 Å². The molecule has 7 heteroatoms. The van der Waals surface area contributed by atoms with Gasteiger partial charge in [0.2, 0.25) is 0 Å². The molecule has 0 aliphatic carbocycles. The van der Waals surface area contributed by atoms with Crippen molar-refractivity contribution in [2.75, 3.05) is 37.9 Å². The van der Waals surface area contributed by atoms with Gasteiger partial charge in [-0.3, -0.25) is 4.90 Å². The highest BCUT2D eigenvalue weighted by Crippen LogP contribution is 2.32. The summed E-state index contributed by atoms with van der Waals surface area (Å²) in [5.74, 6) is 3.94. The Balaban J connectivity index is 1.91. The molecule has 1 atom stereocenters. The summed E-state index contributed by atoms with van der Waals surface area (Å²) in [6.45, 7) is 1.03. The second-order valence-corrected chi connectivity index (χ2v) is 6.14. The number of ether oxygens (including phenoxy) is 1. The van der Waals surface area contributed by atoms with Crippen molar-refractivity contribution in [3.05, 3.63) is 24.0 Å². The van der Waals surface area contributed by atoms with Crippen LogP contribution in [0.5, 0.6) is 5.75 Å². The highest BCUT2D eigenvalue weighted by atomic mass is 32.2. The average Bonchev–Trinajstić information content (AvgIpc) is 2.97. The molecule has 2 heterocycles. The molecule has 0 bridgehead atoms. The van der Waals surface area contributed by atoms with E-state index in [4.69, 9.17) is 15.0 Å². The van der Waals surface area contributed by atoms with Crippen molar-refractivity contribution in [2.45, 2.75) is 6.04 Å². The van der Waals surface area contributed by atoms with Gasteiger partial charge >= 0.3 is 0 Å². The topological polar surface area (TPSA) is 77.4 Å². The quantitative estimate of drug-likeness (QED) is 0.869. The fourth-order valence-electron chi connectivity index (χ4n) is 2.32. The number of methoxy groups -OCH3 is 1. The van der Waals surface area contributed by atoms with Crippen molar-refractivity contribution >= 4 is 17.4 Å². The second kappa shape index (κ2) is 5.95. The van der Waals surface area contributed by atoms with Gasteiger partial charge in [-0.15, -0.1) is 0 Å². The van der Waals surface area contributed by atoms with Gasteiger partial charge in [-0.05, 0) is 19.2 Å². The lowest BCUT2D eigenvalue weighted by atomic mass is 10.2. The first-order valence-corrected chi connectivity index (χ1v) is 7.90. The zero-order valence-corrected chi connectivity index (χ0v) is 12.9. The van der Waals surface area contributed by atoms with E-state index >= 15 is 0 Å². The lowest BCUT2D eigenvalue weighted by Crippen LogP contribution is -2.33. The molecule has 2 aromatic rings. The SMILES string of the molecule is COc1cc(N)ccc1-c1nc(C2CSCCN2C)no1. The van der Waals surface area contributed by atoms with Gasteiger partial charge in [0, 0.05) is 29.8 Å². The molecule has 2 N–H and O–H groups in total. The molecule has 112 valence electrons. The minimum atomic E-state index is 0.195. The van der Waals surface area contributed by atoms with Crippen LogP contribution in [0.3, 0.4) is 0 Å². The number of nitrogen functional groups attached to an aromatic ring is 1. The summed E-state index contributed by atoms with van der Waals surface area (Å²) in [6, 6.07) is 5.58. The minimum absolute atomic E-state index is 0.195. The fourth-order valence-corrected chi connectivity index (χ4v) is 3.53. The van der Waals surface area contributed by atoms with Gasteiger partial charge in [-0.25, -0.2) is 0 Å². The highest BCUT2D eigenvalue weighted by molar-refractivity contribution is 7.99. The predicted molar refractivity (Wildman–Crippen MR) is 83.4 cm³/mol. The normalized spacial score (nSPS) is 19.6. The van der Waals surface area contributed by atoms with Gasteiger partial charge in [0.05, 0.1) is 18.7 Å². The number of anilines is 1. The van der Waals surface area contributed by atoms with E-state index in [1.54, 1.807) is 19.2 Å². The molecule has 0 spiro atoms. The van der Waals surface area contributed by atoms with Crippen LogP contribution in [0.25, 0.3) is 11.5 Å². The summed E-state index contributed by atoms with van der Waals surface area (Å²) >= 11 is 1.91. The van der Waals surface area contributed by atoms with E-state index in [-0.39, 0.29) is 6.04 Å². The number of thioether (sulfide) groups is 1. The Bertz CT molecular complexity index is 631. The van der Waals surface area contributed by atoms with Crippen LogP contribution in [0.2, 0.25) is 0 Å². The highest BCUT2D eigenvalue weighted by Gasteiger charge is 2.26. The van der Waals surface area contributed by atoms with Gasteiger partial charge in [-0.1, -0.05) is 5.16 Å². The summed E-state index contributed by atoms with van der Waals surface area (Å²) in [7, 11) is 3.69. The zero-order valence-electron chi connectivity index (χ0n) is 12.1. The van der Waals surface area contributed by atoms with Crippen LogP contribution < -0.4 is 10.5 Å². The maximum absolute atomic E-state index is 5.77. The largest absolute Gasteiger partial charge is 0.496 e. The molecule has 0 amide bonds. The molecule has 1 aliphatic heterocycles. The third-order valence-corrected chi connectivity index (χ3v) is 4.61. The van der Waals surface area contributed by atoms with Crippen LogP contribution >= 0.6 is 11.8 Å². The van der Waals surface area contributed by atoms with Crippen LogP contribution in [-0.2, 0) is 0 Å². The molecule has 21 heavy (non-hydrogen) atoms. The lowest BCUT2D eigenvalue weighted by Gasteiger charge is -2.29. The van der Waals surface area contributed by atoms with Crippen LogP contribution in [0, 0.1) is 0 Å². The van der Waals surface area contributed by atoms with E-state index in [0.717, 1.165) is 29.4 Å². The Labute approximate surface area is 127 Å². The summed E-state index contributed by atoms with van der Waals surface area (Å²) in [6.07, 6.45) is 0. The molecule has 0 saturated carbocycles. The maximum Gasteiger partial charge on any atom is 0.261 e.